The molecule has 1 aromatic heterocycles. The van der Waals surface area contributed by atoms with Crippen molar-refractivity contribution in [3.8, 4) is 0 Å². The Balaban J connectivity index is 1.40. The van der Waals surface area contributed by atoms with Gasteiger partial charge in [-0.2, -0.15) is 13.2 Å². The quantitative estimate of drug-likeness (QED) is 0.310. The Morgan fingerprint density at radius 3 is 2.32 bits per heavy atom. The second kappa shape index (κ2) is 11.9. The van der Waals surface area contributed by atoms with Gasteiger partial charge in [0.05, 0.1) is 5.56 Å². The van der Waals surface area contributed by atoms with Crippen molar-refractivity contribution in [3.63, 3.8) is 0 Å². The van der Waals surface area contributed by atoms with Gasteiger partial charge in [0.2, 0.25) is 0 Å². The average molecular weight is 530 g/mol. The molecule has 1 amide bonds. The number of carbonyl (C=O) groups excluding carboxylic acids is 1. The second-order valence-electron chi connectivity index (χ2n) is 8.72. The molecule has 1 fully saturated rings. The van der Waals surface area contributed by atoms with Crippen LogP contribution in [0, 0.1) is 0 Å². The summed E-state index contributed by atoms with van der Waals surface area (Å²) in [5, 5.41) is 3.48. The lowest BCUT2D eigenvalue weighted by Crippen LogP contribution is -2.47. The van der Waals surface area contributed by atoms with Gasteiger partial charge in [-0.3, -0.25) is 4.79 Å². The number of amides is 1. The summed E-state index contributed by atoms with van der Waals surface area (Å²) in [6.45, 7) is 7.04. The number of piperazine rings is 1. The highest BCUT2D eigenvalue weighted by Crippen LogP contribution is 2.32. The molecular formula is C27H30F3N5OS. The molecule has 4 rings (SSSR count). The Morgan fingerprint density at radius 2 is 1.68 bits per heavy atom. The molecule has 0 aliphatic carbocycles. The minimum atomic E-state index is -4.35. The number of hydrogen-bond donors (Lipinski definition) is 1. The fraction of sp³-hybridized carbons (Fsp3) is 0.370. The summed E-state index contributed by atoms with van der Waals surface area (Å²) >= 11 is 1.54. The molecule has 0 bridgehead atoms. The summed E-state index contributed by atoms with van der Waals surface area (Å²) in [4.78, 5) is 25.6. The van der Waals surface area contributed by atoms with Gasteiger partial charge in [0, 0.05) is 61.5 Å². The van der Waals surface area contributed by atoms with Crippen molar-refractivity contribution in [2.24, 2.45) is 0 Å². The summed E-state index contributed by atoms with van der Waals surface area (Å²) < 4.78 is 39.4. The van der Waals surface area contributed by atoms with E-state index in [1.807, 2.05) is 49.1 Å². The molecule has 1 N–H and O–H groups in total. The first-order chi connectivity index (χ1) is 17.8. The number of alkyl halides is 3. The molecule has 196 valence electrons. The van der Waals surface area contributed by atoms with Crippen molar-refractivity contribution >= 4 is 29.2 Å². The number of thioether (sulfide) groups is 1. The Hall–Kier alpha value is -3.27. The molecule has 0 atom stereocenters. The van der Waals surface area contributed by atoms with E-state index in [-0.39, 0.29) is 5.91 Å². The fourth-order valence-electron chi connectivity index (χ4n) is 4.10. The van der Waals surface area contributed by atoms with Gasteiger partial charge in [-0.05, 0) is 49.2 Å². The van der Waals surface area contributed by atoms with Crippen LogP contribution >= 0.6 is 11.8 Å². The van der Waals surface area contributed by atoms with Crippen molar-refractivity contribution in [1.29, 1.82) is 0 Å². The van der Waals surface area contributed by atoms with Crippen LogP contribution in [0.15, 0.2) is 59.8 Å². The Morgan fingerprint density at radius 1 is 0.973 bits per heavy atom. The van der Waals surface area contributed by atoms with Crippen molar-refractivity contribution in [3.05, 3.63) is 77.0 Å². The molecule has 0 radical (unpaired) electrons. The van der Waals surface area contributed by atoms with E-state index in [4.69, 9.17) is 4.98 Å². The lowest BCUT2D eigenvalue weighted by molar-refractivity contribution is -0.137. The van der Waals surface area contributed by atoms with Gasteiger partial charge in [-0.25, -0.2) is 9.97 Å². The number of halogens is 3. The molecule has 1 aliphatic rings. The molecule has 0 spiro atoms. The van der Waals surface area contributed by atoms with Crippen LogP contribution in [0.1, 0.15) is 41.0 Å². The van der Waals surface area contributed by atoms with Crippen LogP contribution in [0.4, 0.5) is 24.7 Å². The van der Waals surface area contributed by atoms with Crippen molar-refractivity contribution in [2.75, 3.05) is 42.5 Å². The topological polar surface area (TPSA) is 61.4 Å². The third kappa shape index (κ3) is 6.94. The van der Waals surface area contributed by atoms with Crippen LogP contribution in [-0.2, 0) is 18.3 Å². The highest BCUT2D eigenvalue weighted by atomic mass is 32.2. The molecule has 2 aromatic carbocycles. The summed E-state index contributed by atoms with van der Waals surface area (Å²) in [5.74, 6) is 1.43. The Bertz CT molecular complexity index is 1210. The fourth-order valence-corrected chi connectivity index (χ4v) is 4.93. The summed E-state index contributed by atoms with van der Waals surface area (Å²) in [7, 11) is 0. The van der Waals surface area contributed by atoms with E-state index >= 15 is 0 Å². The van der Waals surface area contributed by atoms with Crippen LogP contribution in [-0.4, -0.2) is 48.6 Å². The second-order valence-corrected chi connectivity index (χ2v) is 9.66. The zero-order chi connectivity index (χ0) is 26.4. The molecule has 0 unspecified atom stereocenters. The van der Waals surface area contributed by atoms with Crippen molar-refractivity contribution < 1.29 is 18.0 Å². The summed E-state index contributed by atoms with van der Waals surface area (Å²) in [5.41, 5.74) is 2.60. The normalized spacial score (nSPS) is 14.1. The van der Waals surface area contributed by atoms with Gasteiger partial charge < -0.3 is 15.1 Å². The molecule has 1 saturated heterocycles. The Labute approximate surface area is 219 Å². The standard InChI is InChI=1S/C27H30F3N5OS/c1-3-22-17-24(33-26(32-22)37-18-19-8-10-20(11-9-19)25(36)31-4-2)35-14-12-34(13-15-35)23-7-5-6-21(16-23)27(28,29)30/h5-11,16-17H,3-4,12-15,18H2,1-2H3,(H,31,36). The van der Waals surface area contributed by atoms with Crippen molar-refractivity contribution in [2.45, 2.75) is 37.4 Å². The highest BCUT2D eigenvalue weighted by molar-refractivity contribution is 7.98. The van der Waals surface area contributed by atoms with Gasteiger partial charge in [0.15, 0.2) is 5.16 Å². The van der Waals surface area contributed by atoms with Crippen molar-refractivity contribution in [1.82, 2.24) is 15.3 Å². The van der Waals surface area contributed by atoms with Crippen LogP contribution in [0.3, 0.4) is 0 Å². The third-order valence-corrected chi connectivity index (χ3v) is 7.09. The lowest BCUT2D eigenvalue weighted by atomic mass is 10.1. The van der Waals surface area contributed by atoms with Gasteiger partial charge in [-0.15, -0.1) is 0 Å². The van der Waals surface area contributed by atoms with Gasteiger partial charge in [0.25, 0.3) is 5.91 Å². The number of nitrogens with zero attached hydrogens (tertiary/aromatic N) is 4. The molecule has 2 heterocycles. The number of hydrogen-bond acceptors (Lipinski definition) is 6. The zero-order valence-corrected chi connectivity index (χ0v) is 21.7. The van der Waals surface area contributed by atoms with E-state index in [1.54, 1.807) is 17.8 Å². The summed E-state index contributed by atoms with van der Waals surface area (Å²) in [6, 6.07) is 15.0. The average Bonchev–Trinajstić information content (AvgIpc) is 2.92. The first-order valence-electron chi connectivity index (χ1n) is 12.3. The number of nitrogens with one attached hydrogen (secondary N) is 1. The number of anilines is 2. The molecule has 37 heavy (non-hydrogen) atoms. The SMILES string of the molecule is CCNC(=O)c1ccc(CSc2nc(CC)cc(N3CCN(c4cccc(C(F)(F)F)c4)CC3)n2)cc1. The van der Waals surface area contributed by atoms with E-state index in [2.05, 4.69) is 15.2 Å². The van der Waals surface area contributed by atoms with Crippen LogP contribution in [0.5, 0.6) is 0 Å². The number of aromatic nitrogens is 2. The van der Waals surface area contributed by atoms with Gasteiger partial charge in [-0.1, -0.05) is 36.9 Å². The van der Waals surface area contributed by atoms with Crippen LogP contribution < -0.4 is 15.1 Å². The minimum Gasteiger partial charge on any atom is -0.368 e. The maximum Gasteiger partial charge on any atom is 0.416 e. The zero-order valence-electron chi connectivity index (χ0n) is 20.9. The smallest absolute Gasteiger partial charge is 0.368 e. The lowest BCUT2D eigenvalue weighted by Gasteiger charge is -2.37. The molecule has 1 aliphatic heterocycles. The predicted octanol–water partition coefficient (Wildman–Crippen LogP) is 5.43. The maximum absolute atomic E-state index is 13.1. The Kier molecular flexibility index (Phi) is 8.58. The molecule has 3 aromatic rings. The summed E-state index contributed by atoms with van der Waals surface area (Å²) in [6.07, 6.45) is -3.58. The monoisotopic (exact) mass is 529 g/mol. The van der Waals surface area contributed by atoms with E-state index in [0.717, 1.165) is 29.6 Å². The van der Waals surface area contributed by atoms with Gasteiger partial charge >= 0.3 is 6.18 Å². The van der Waals surface area contributed by atoms with E-state index in [1.165, 1.54) is 12.1 Å². The first kappa shape index (κ1) is 26.8. The number of benzene rings is 2. The third-order valence-electron chi connectivity index (χ3n) is 6.17. The largest absolute Gasteiger partial charge is 0.416 e. The predicted molar refractivity (Wildman–Crippen MR) is 141 cm³/mol. The van der Waals surface area contributed by atoms with E-state index in [9.17, 15) is 18.0 Å². The van der Waals surface area contributed by atoms with E-state index < -0.39 is 11.7 Å². The molecular weight excluding hydrogens is 499 g/mol. The van der Waals surface area contributed by atoms with Crippen LogP contribution in [0.2, 0.25) is 0 Å². The number of carbonyl (C=O) groups is 1. The molecule has 0 saturated carbocycles. The molecule has 6 nitrogen and oxygen atoms in total. The van der Waals surface area contributed by atoms with E-state index in [0.29, 0.717) is 54.9 Å². The number of aryl methyl sites for hydroxylation is 1. The molecule has 10 heteroatoms. The maximum atomic E-state index is 13.1. The first-order valence-corrected chi connectivity index (χ1v) is 13.3. The minimum absolute atomic E-state index is 0.0847. The number of rotatable bonds is 8. The van der Waals surface area contributed by atoms with Crippen LogP contribution in [0.25, 0.3) is 0 Å². The highest BCUT2D eigenvalue weighted by Gasteiger charge is 2.31. The van der Waals surface area contributed by atoms with Gasteiger partial charge in [0.1, 0.15) is 5.82 Å².